The molecule has 0 fully saturated rings. The second-order valence-corrected chi connectivity index (χ2v) is 6.62. The number of thiophene rings is 1. The van der Waals surface area contributed by atoms with E-state index in [4.69, 9.17) is 0 Å². The molecule has 0 aliphatic heterocycles. The first-order chi connectivity index (χ1) is 12.6. The fourth-order valence-corrected chi connectivity index (χ4v) is 3.25. The molecule has 0 aliphatic carbocycles. The number of benzene rings is 2. The molecule has 0 unspecified atom stereocenters. The van der Waals surface area contributed by atoms with Gasteiger partial charge in [0.25, 0.3) is 0 Å². The van der Waals surface area contributed by atoms with Gasteiger partial charge in [-0.05, 0) is 23.3 Å². The molecular weight excluding hydrogens is 348 g/mol. The van der Waals surface area contributed by atoms with Gasteiger partial charge in [-0.2, -0.15) is 0 Å². The van der Waals surface area contributed by atoms with Gasteiger partial charge in [0, 0.05) is 17.0 Å². The van der Waals surface area contributed by atoms with Crippen LogP contribution in [0.4, 0.5) is 5.00 Å². The lowest BCUT2D eigenvalue weighted by atomic mass is 9.99. The molecule has 1 aromatic heterocycles. The lowest BCUT2D eigenvalue weighted by Crippen LogP contribution is -2.27. The van der Waals surface area contributed by atoms with Crippen LogP contribution in [0.5, 0.6) is 0 Å². The number of nitrogens with one attached hydrogen (secondary N) is 1. The normalized spacial score (nSPS) is 11.0. The van der Waals surface area contributed by atoms with Gasteiger partial charge >= 0.3 is 5.00 Å². The van der Waals surface area contributed by atoms with Gasteiger partial charge in [-0.15, -0.1) is 0 Å². The summed E-state index contributed by atoms with van der Waals surface area (Å²) in [5, 5.41) is 13.8. The van der Waals surface area contributed by atoms with E-state index in [2.05, 4.69) is 5.32 Å². The van der Waals surface area contributed by atoms with Crippen molar-refractivity contribution in [3.63, 3.8) is 0 Å². The standard InChI is InChI=1S/C20H16N2O3S/c23-18(13-11-17-12-14-19(26-17)22(24)25)21-20(15-7-3-1-4-8-15)16-9-5-2-6-10-16/h1-14,20H,(H,21,23)/b13-11+. The van der Waals surface area contributed by atoms with E-state index in [0.717, 1.165) is 22.5 Å². The number of carbonyl (C=O) groups excluding carboxylic acids is 1. The lowest BCUT2D eigenvalue weighted by molar-refractivity contribution is -0.380. The first kappa shape index (κ1) is 17.6. The van der Waals surface area contributed by atoms with Crippen LogP contribution in [0, 0.1) is 10.1 Å². The molecule has 0 saturated carbocycles. The maximum absolute atomic E-state index is 12.4. The quantitative estimate of drug-likeness (QED) is 0.395. The molecule has 0 bridgehead atoms. The lowest BCUT2D eigenvalue weighted by Gasteiger charge is -2.19. The van der Waals surface area contributed by atoms with Crippen LogP contribution < -0.4 is 5.32 Å². The maximum Gasteiger partial charge on any atom is 0.324 e. The molecule has 3 rings (SSSR count). The number of carbonyl (C=O) groups is 1. The third-order valence-electron chi connectivity index (χ3n) is 3.74. The third-order valence-corrected chi connectivity index (χ3v) is 4.75. The summed E-state index contributed by atoms with van der Waals surface area (Å²) in [5.41, 5.74) is 1.96. The molecule has 0 saturated heterocycles. The fourth-order valence-electron chi connectivity index (χ4n) is 2.53. The zero-order valence-corrected chi connectivity index (χ0v) is 14.6. The smallest absolute Gasteiger partial charge is 0.324 e. The maximum atomic E-state index is 12.4. The van der Waals surface area contributed by atoms with Crippen molar-refractivity contribution in [3.05, 3.63) is 105 Å². The summed E-state index contributed by atoms with van der Waals surface area (Å²) >= 11 is 1.03. The van der Waals surface area contributed by atoms with Gasteiger partial charge in [0.15, 0.2) is 0 Å². The van der Waals surface area contributed by atoms with E-state index in [-0.39, 0.29) is 17.0 Å². The molecule has 6 heteroatoms. The van der Waals surface area contributed by atoms with Crippen molar-refractivity contribution >= 4 is 28.3 Å². The Hall–Kier alpha value is -3.25. The average molecular weight is 364 g/mol. The zero-order valence-electron chi connectivity index (χ0n) is 13.7. The van der Waals surface area contributed by atoms with Gasteiger partial charge in [-0.1, -0.05) is 72.0 Å². The van der Waals surface area contributed by atoms with E-state index >= 15 is 0 Å². The van der Waals surface area contributed by atoms with Crippen LogP contribution in [0.3, 0.4) is 0 Å². The Bertz CT molecular complexity index is 881. The van der Waals surface area contributed by atoms with Crippen LogP contribution in [-0.4, -0.2) is 10.8 Å². The monoisotopic (exact) mass is 364 g/mol. The molecule has 1 amide bonds. The molecule has 3 aromatic rings. The minimum Gasteiger partial charge on any atom is -0.342 e. The SMILES string of the molecule is O=C(/C=C/c1ccc([N+](=O)[O-])s1)NC(c1ccccc1)c1ccccc1. The molecule has 2 aromatic carbocycles. The second-order valence-electron chi connectivity index (χ2n) is 5.53. The number of rotatable bonds is 6. The van der Waals surface area contributed by atoms with E-state index in [0.29, 0.717) is 4.88 Å². The van der Waals surface area contributed by atoms with E-state index in [9.17, 15) is 14.9 Å². The Morgan fingerprint density at radius 1 is 0.962 bits per heavy atom. The topological polar surface area (TPSA) is 72.2 Å². The molecule has 0 aliphatic rings. The van der Waals surface area contributed by atoms with Gasteiger partial charge in [0.2, 0.25) is 5.91 Å². The summed E-state index contributed by atoms with van der Waals surface area (Å²) in [7, 11) is 0. The predicted molar refractivity (Wildman–Crippen MR) is 103 cm³/mol. The molecule has 0 atom stereocenters. The Balaban J connectivity index is 1.77. The van der Waals surface area contributed by atoms with Crippen molar-refractivity contribution in [2.75, 3.05) is 0 Å². The zero-order chi connectivity index (χ0) is 18.4. The number of nitro groups is 1. The summed E-state index contributed by atoms with van der Waals surface area (Å²) < 4.78 is 0. The molecule has 0 spiro atoms. The Labute approximate surface area is 154 Å². The minimum absolute atomic E-state index is 0.0523. The van der Waals surface area contributed by atoms with E-state index in [1.165, 1.54) is 12.1 Å². The summed E-state index contributed by atoms with van der Waals surface area (Å²) in [5.74, 6) is -0.265. The third kappa shape index (κ3) is 4.43. The highest BCUT2D eigenvalue weighted by Gasteiger charge is 2.15. The van der Waals surface area contributed by atoms with E-state index in [1.807, 2.05) is 60.7 Å². The van der Waals surface area contributed by atoms with Gasteiger partial charge in [-0.3, -0.25) is 14.9 Å². The van der Waals surface area contributed by atoms with Gasteiger partial charge in [0.05, 0.1) is 11.0 Å². The van der Waals surface area contributed by atoms with Crippen LogP contribution in [0.25, 0.3) is 6.08 Å². The molecular formula is C20H16N2O3S. The number of hydrogen-bond donors (Lipinski definition) is 1. The first-order valence-electron chi connectivity index (χ1n) is 7.96. The van der Waals surface area contributed by atoms with Crippen molar-refractivity contribution in [2.24, 2.45) is 0 Å². The summed E-state index contributed by atoms with van der Waals surface area (Å²) in [4.78, 5) is 23.3. The summed E-state index contributed by atoms with van der Waals surface area (Å²) in [6.45, 7) is 0. The summed E-state index contributed by atoms with van der Waals surface area (Å²) in [6.07, 6.45) is 2.98. The van der Waals surface area contributed by atoms with Crippen LogP contribution >= 0.6 is 11.3 Å². The summed E-state index contributed by atoms with van der Waals surface area (Å²) in [6, 6.07) is 22.2. The van der Waals surface area contributed by atoms with Crippen molar-refractivity contribution in [1.29, 1.82) is 0 Å². The van der Waals surface area contributed by atoms with Crippen LogP contribution in [0.2, 0.25) is 0 Å². The number of nitrogens with zero attached hydrogens (tertiary/aromatic N) is 1. The van der Waals surface area contributed by atoms with Crippen molar-refractivity contribution < 1.29 is 9.72 Å². The highest BCUT2D eigenvalue weighted by Crippen LogP contribution is 2.25. The minimum atomic E-state index is -0.442. The molecule has 1 heterocycles. The van der Waals surface area contributed by atoms with Gasteiger partial charge < -0.3 is 5.32 Å². The Morgan fingerprint density at radius 2 is 1.54 bits per heavy atom. The molecule has 1 N–H and O–H groups in total. The van der Waals surface area contributed by atoms with Crippen molar-refractivity contribution in [2.45, 2.75) is 6.04 Å². The molecule has 5 nitrogen and oxygen atoms in total. The number of hydrogen-bond acceptors (Lipinski definition) is 4. The van der Waals surface area contributed by atoms with Crippen molar-refractivity contribution in [1.82, 2.24) is 5.32 Å². The molecule has 0 radical (unpaired) electrons. The van der Waals surface area contributed by atoms with Gasteiger partial charge in [0.1, 0.15) is 0 Å². The molecule has 26 heavy (non-hydrogen) atoms. The Kier molecular flexibility index (Phi) is 5.56. The second kappa shape index (κ2) is 8.22. The van der Waals surface area contributed by atoms with Crippen LogP contribution in [-0.2, 0) is 4.79 Å². The van der Waals surface area contributed by atoms with Crippen LogP contribution in [0.1, 0.15) is 22.0 Å². The van der Waals surface area contributed by atoms with Crippen LogP contribution in [0.15, 0.2) is 78.9 Å². The first-order valence-corrected chi connectivity index (χ1v) is 8.78. The average Bonchev–Trinajstić information content (AvgIpc) is 3.15. The van der Waals surface area contributed by atoms with Gasteiger partial charge in [-0.25, -0.2) is 0 Å². The van der Waals surface area contributed by atoms with E-state index < -0.39 is 4.92 Å². The largest absolute Gasteiger partial charge is 0.342 e. The van der Waals surface area contributed by atoms with E-state index in [1.54, 1.807) is 12.1 Å². The Morgan fingerprint density at radius 3 is 2.04 bits per heavy atom. The molecule has 130 valence electrons. The highest BCUT2D eigenvalue weighted by atomic mass is 32.1. The number of amides is 1. The predicted octanol–water partition coefficient (Wildman–Crippen LogP) is 4.58. The van der Waals surface area contributed by atoms with Crippen molar-refractivity contribution in [3.8, 4) is 0 Å². The fraction of sp³-hybridized carbons (Fsp3) is 0.0500. The highest BCUT2D eigenvalue weighted by molar-refractivity contribution is 7.16.